The average molecular weight is 430 g/mol. The predicted molar refractivity (Wildman–Crippen MR) is 113 cm³/mol. The topological polar surface area (TPSA) is 103 Å². The van der Waals surface area contributed by atoms with Crippen LogP contribution in [0.5, 0.6) is 17.2 Å². The number of methoxy groups -OCH3 is 3. The number of ether oxygens (including phenoxy) is 4. The zero-order valence-electron chi connectivity index (χ0n) is 18.0. The molecule has 0 aliphatic carbocycles. The highest BCUT2D eigenvalue weighted by Gasteiger charge is 2.17. The van der Waals surface area contributed by atoms with Gasteiger partial charge in [-0.1, -0.05) is 12.1 Å². The fraction of sp³-hybridized carbons (Fsp3) is 0.318. The number of hydrogen-bond acceptors (Lipinski definition) is 7. The minimum absolute atomic E-state index is 0.0690. The van der Waals surface area contributed by atoms with E-state index in [1.54, 1.807) is 42.5 Å². The van der Waals surface area contributed by atoms with Crippen molar-refractivity contribution in [1.29, 1.82) is 0 Å². The van der Waals surface area contributed by atoms with Crippen molar-refractivity contribution in [3.05, 3.63) is 48.0 Å². The molecule has 2 amide bonds. The Morgan fingerprint density at radius 1 is 0.935 bits per heavy atom. The lowest BCUT2D eigenvalue weighted by atomic mass is 10.1. The number of likely N-dealkylation sites (N-methyl/N-ethyl adjacent to an activating group) is 1. The lowest BCUT2D eigenvalue weighted by Gasteiger charge is -2.17. The number of nitrogens with one attached hydrogen (secondary N) is 1. The molecule has 2 aromatic carbocycles. The van der Waals surface area contributed by atoms with Crippen LogP contribution in [0.3, 0.4) is 0 Å². The number of nitrogens with zero attached hydrogens (tertiary/aromatic N) is 1. The molecule has 0 atom stereocenters. The van der Waals surface area contributed by atoms with Gasteiger partial charge in [-0.15, -0.1) is 0 Å². The number of anilines is 1. The molecule has 0 radical (unpaired) electrons. The molecule has 0 spiro atoms. The van der Waals surface area contributed by atoms with E-state index < -0.39 is 24.4 Å². The van der Waals surface area contributed by atoms with Gasteiger partial charge in [-0.3, -0.25) is 14.4 Å². The Bertz CT molecular complexity index is 930. The van der Waals surface area contributed by atoms with E-state index in [4.69, 9.17) is 18.9 Å². The second-order valence-corrected chi connectivity index (χ2v) is 6.55. The summed E-state index contributed by atoms with van der Waals surface area (Å²) in [6.07, 6.45) is -0.0690. The van der Waals surface area contributed by atoms with Crippen LogP contribution in [0.25, 0.3) is 0 Å². The van der Waals surface area contributed by atoms with Crippen LogP contribution in [-0.4, -0.2) is 64.2 Å². The van der Waals surface area contributed by atoms with Crippen LogP contribution < -0.4 is 19.5 Å². The first-order chi connectivity index (χ1) is 14.9. The molecular weight excluding hydrogens is 404 g/mol. The molecule has 2 aromatic rings. The standard InChI is InChI=1S/C22H26N2O7/c1-24(13-20(25)23-16-6-5-7-17(11-16)28-2)21(26)14-31-22(27)10-15-8-9-18(29-3)12-19(15)30-4/h5-9,11-12H,10,13-14H2,1-4H3,(H,23,25). The summed E-state index contributed by atoms with van der Waals surface area (Å²) in [5, 5.41) is 2.68. The van der Waals surface area contributed by atoms with Crippen molar-refractivity contribution in [2.75, 3.05) is 46.8 Å². The minimum Gasteiger partial charge on any atom is -0.497 e. The van der Waals surface area contributed by atoms with Gasteiger partial charge in [0.2, 0.25) is 5.91 Å². The number of amides is 2. The Morgan fingerprint density at radius 3 is 2.32 bits per heavy atom. The number of esters is 1. The fourth-order valence-corrected chi connectivity index (χ4v) is 2.66. The summed E-state index contributed by atoms with van der Waals surface area (Å²) in [4.78, 5) is 37.6. The van der Waals surface area contributed by atoms with Crippen molar-refractivity contribution in [2.45, 2.75) is 6.42 Å². The van der Waals surface area contributed by atoms with E-state index in [1.807, 2.05) is 0 Å². The predicted octanol–water partition coefficient (Wildman–Crippen LogP) is 1.90. The maximum atomic E-state index is 12.2. The van der Waals surface area contributed by atoms with E-state index in [-0.39, 0.29) is 13.0 Å². The molecule has 9 nitrogen and oxygen atoms in total. The molecule has 0 aliphatic rings. The van der Waals surface area contributed by atoms with Crippen LogP contribution >= 0.6 is 0 Å². The molecule has 1 N–H and O–H groups in total. The third-order valence-corrected chi connectivity index (χ3v) is 4.35. The van der Waals surface area contributed by atoms with Gasteiger partial charge < -0.3 is 29.2 Å². The van der Waals surface area contributed by atoms with Gasteiger partial charge in [0.1, 0.15) is 17.2 Å². The summed E-state index contributed by atoms with van der Waals surface area (Å²) >= 11 is 0. The number of benzene rings is 2. The summed E-state index contributed by atoms with van der Waals surface area (Å²) in [5.41, 5.74) is 1.15. The summed E-state index contributed by atoms with van der Waals surface area (Å²) in [6, 6.07) is 11.9. The lowest BCUT2D eigenvalue weighted by molar-refractivity contribution is -0.151. The largest absolute Gasteiger partial charge is 0.497 e. The highest BCUT2D eigenvalue weighted by molar-refractivity contribution is 5.95. The van der Waals surface area contributed by atoms with Gasteiger partial charge in [-0.05, 0) is 18.2 Å². The average Bonchev–Trinajstić information content (AvgIpc) is 2.77. The third kappa shape index (κ3) is 7.22. The molecule has 2 rings (SSSR count). The number of carbonyl (C=O) groups is 3. The second kappa shape index (κ2) is 11.4. The SMILES string of the molecule is COc1cccc(NC(=O)CN(C)C(=O)COC(=O)Cc2ccc(OC)cc2OC)c1. The zero-order valence-corrected chi connectivity index (χ0v) is 18.0. The molecule has 0 unspecified atom stereocenters. The minimum atomic E-state index is -0.592. The molecule has 0 fully saturated rings. The van der Waals surface area contributed by atoms with Crippen molar-refractivity contribution in [2.24, 2.45) is 0 Å². The summed E-state index contributed by atoms with van der Waals surface area (Å²) in [7, 11) is 5.99. The van der Waals surface area contributed by atoms with Gasteiger partial charge in [0, 0.05) is 30.4 Å². The van der Waals surface area contributed by atoms with E-state index in [1.165, 1.54) is 33.3 Å². The number of rotatable bonds is 10. The monoisotopic (exact) mass is 430 g/mol. The zero-order chi connectivity index (χ0) is 22.8. The molecule has 0 aromatic heterocycles. The molecule has 0 saturated carbocycles. The van der Waals surface area contributed by atoms with Crippen molar-refractivity contribution in [1.82, 2.24) is 4.90 Å². The highest BCUT2D eigenvalue weighted by atomic mass is 16.5. The van der Waals surface area contributed by atoms with Crippen LogP contribution in [0.15, 0.2) is 42.5 Å². The van der Waals surface area contributed by atoms with Gasteiger partial charge in [-0.2, -0.15) is 0 Å². The quantitative estimate of drug-likeness (QED) is 0.574. The van der Waals surface area contributed by atoms with E-state index >= 15 is 0 Å². The molecule has 166 valence electrons. The molecule has 0 saturated heterocycles. The summed E-state index contributed by atoms with van der Waals surface area (Å²) in [6.45, 7) is -0.667. The first-order valence-electron chi connectivity index (χ1n) is 9.40. The van der Waals surface area contributed by atoms with Gasteiger partial charge in [0.05, 0.1) is 34.3 Å². The molecule has 0 heterocycles. The van der Waals surface area contributed by atoms with E-state index in [0.29, 0.717) is 28.5 Å². The summed E-state index contributed by atoms with van der Waals surface area (Å²) in [5.74, 6) is 0.190. The van der Waals surface area contributed by atoms with Crippen LogP contribution in [0.4, 0.5) is 5.69 Å². The second-order valence-electron chi connectivity index (χ2n) is 6.55. The normalized spacial score (nSPS) is 10.1. The molecule has 0 aliphatic heterocycles. The van der Waals surface area contributed by atoms with Crippen molar-refractivity contribution in [3.8, 4) is 17.2 Å². The van der Waals surface area contributed by atoms with Crippen molar-refractivity contribution in [3.63, 3.8) is 0 Å². The Morgan fingerprint density at radius 2 is 1.65 bits per heavy atom. The van der Waals surface area contributed by atoms with Gasteiger partial charge in [-0.25, -0.2) is 0 Å². The van der Waals surface area contributed by atoms with E-state index in [0.717, 1.165) is 0 Å². The van der Waals surface area contributed by atoms with Crippen LogP contribution in [0, 0.1) is 0 Å². The van der Waals surface area contributed by atoms with Crippen molar-refractivity contribution < 1.29 is 33.3 Å². The molecule has 9 heteroatoms. The first-order valence-corrected chi connectivity index (χ1v) is 9.40. The Labute approximate surface area is 180 Å². The Hall–Kier alpha value is -3.75. The first kappa shape index (κ1) is 23.5. The molecule has 0 bridgehead atoms. The molecular formula is C22H26N2O7. The number of hydrogen-bond donors (Lipinski definition) is 1. The Kier molecular flexibility index (Phi) is 8.68. The molecule has 31 heavy (non-hydrogen) atoms. The summed E-state index contributed by atoms with van der Waals surface area (Å²) < 4.78 is 20.5. The maximum Gasteiger partial charge on any atom is 0.310 e. The van der Waals surface area contributed by atoms with E-state index in [2.05, 4.69) is 5.32 Å². The lowest BCUT2D eigenvalue weighted by Crippen LogP contribution is -2.37. The third-order valence-electron chi connectivity index (χ3n) is 4.35. The van der Waals surface area contributed by atoms with Crippen LogP contribution in [0.2, 0.25) is 0 Å². The maximum absolute atomic E-state index is 12.2. The highest BCUT2D eigenvalue weighted by Crippen LogP contribution is 2.25. The van der Waals surface area contributed by atoms with E-state index in [9.17, 15) is 14.4 Å². The van der Waals surface area contributed by atoms with Gasteiger partial charge in [0.15, 0.2) is 6.61 Å². The number of carbonyl (C=O) groups excluding carboxylic acids is 3. The smallest absolute Gasteiger partial charge is 0.310 e. The van der Waals surface area contributed by atoms with Gasteiger partial charge >= 0.3 is 5.97 Å². The van der Waals surface area contributed by atoms with Gasteiger partial charge in [0.25, 0.3) is 5.91 Å². The Balaban J connectivity index is 1.81. The van der Waals surface area contributed by atoms with Crippen molar-refractivity contribution >= 4 is 23.5 Å². The van der Waals surface area contributed by atoms with Crippen LogP contribution in [-0.2, 0) is 25.5 Å². The van der Waals surface area contributed by atoms with Crippen LogP contribution in [0.1, 0.15) is 5.56 Å². The fourth-order valence-electron chi connectivity index (χ4n) is 2.66.